The normalized spacial score (nSPS) is 31.5. The van der Waals surface area contributed by atoms with E-state index in [-0.39, 0.29) is 0 Å². The van der Waals surface area contributed by atoms with Gasteiger partial charge in [-0.3, -0.25) is 33.6 Å². The van der Waals surface area contributed by atoms with Crippen molar-refractivity contribution in [2.75, 3.05) is 13.2 Å². The van der Waals surface area contributed by atoms with Crippen LogP contribution >= 0.6 is 0 Å². The first-order chi connectivity index (χ1) is 20.5. The van der Waals surface area contributed by atoms with Crippen molar-refractivity contribution >= 4 is 41.8 Å². The average molecular weight is 639 g/mol. The Morgan fingerprint density at radius 1 is 0.477 bits per heavy atom. The van der Waals surface area contributed by atoms with Crippen molar-refractivity contribution in [2.24, 2.45) is 0 Å². The Hall–Kier alpha value is -3.90. The molecule has 0 aromatic carbocycles. The van der Waals surface area contributed by atoms with E-state index >= 15 is 4.39 Å². The molecule has 18 heteroatoms. The molecule has 0 aromatic rings. The van der Waals surface area contributed by atoms with E-state index in [0.29, 0.717) is 0 Å². The molecular formula is C26H35FO17. The van der Waals surface area contributed by atoms with Gasteiger partial charge in [0.15, 0.2) is 36.8 Å². The second-order valence-corrected chi connectivity index (χ2v) is 9.64. The summed E-state index contributed by atoms with van der Waals surface area (Å²) in [7, 11) is 0. The van der Waals surface area contributed by atoms with Crippen LogP contribution < -0.4 is 0 Å². The summed E-state index contributed by atoms with van der Waals surface area (Å²) >= 11 is 0. The van der Waals surface area contributed by atoms with Crippen molar-refractivity contribution in [3.8, 4) is 0 Å². The molecule has 2 heterocycles. The lowest BCUT2D eigenvalue weighted by atomic mass is 9.96. The number of halogens is 1. The summed E-state index contributed by atoms with van der Waals surface area (Å²) in [6.45, 7) is 5.83. The maximum absolute atomic E-state index is 15.2. The smallest absolute Gasteiger partial charge is 0.303 e. The lowest BCUT2D eigenvalue weighted by molar-refractivity contribution is -0.351. The number of rotatable bonds is 11. The Kier molecular flexibility index (Phi) is 13.4. The summed E-state index contributed by atoms with van der Waals surface area (Å²) in [4.78, 5) is 83.3. The summed E-state index contributed by atoms with van der Waals surface area (Å²) in [6, 6.07) is 0. The molecule has 0 N–H and O–H groups in total. The van der Waals surface area contributed by atoms with Crippen LogP contribution in [0.15, 0.2) is 0 Å². The predicted molar refractivity (Wildman–Crippen MR) is 134 cm³/mol. The lowest BCUT2D eigenvalue weighted by Crippen LogP contribution is -2.66. The molecule has 2 aliphatic rings. The third-order valence-corrected chi connectivity index (χ3v) is 5.87. The van der Waals surface area contributed by atoms with Gasteiger partial charge < -0.3 is 47.4 Å². The van der Waals surface area contributed by atoms with Crippen LogP contribution in [-0.4, -0.2) is 116 Å². The molecule has 2 rings (SSSR count). The minimum atomic E-state index is -2.40. The Bertz CT molecular complexity index is 1090. The number of carbonyl (C=O) groups excluding carboxylic acids is 7. The maximum atomic E-state index is 15.2. The molecule has 0 bridgehead atoms. The summed E-state index contributed by atoms with van der Waals surface area (Å²) in [5, 5.41) is 0. The molecule has 0 aromatic heterocycles. The SMILES string of the molecule is CC(=O)OC[C@H]1O[C@@H](O[C@H]2[C@H](OC(C)=O)[C@@H](OC(C)=O)C(F)O[C@@H]2COC(C)=O)[C@H](OC(C)=O)[C@@H](OC(C)=O)[C@H]1OC(C)=O. The van der Waals surface area contributed by atoms with E-state index in [4.69, 9.17) is 47.4 Å². The van der Waals surface area contributed by atoms with Crippen LogP contribution in [0, 0.1) is 0 Å². The number of hydrogen-bond acceptors (Lipinski definition) is 17. The number of carbonyl (C=O) groups is 7. The van der Waals surface area contributed by atoms with Gasteiger partial charge in [0, 0.05) is 48.5 Å². The van der Waals surface area contributed by atoms with Crippen LogP contribution in [0.2, 0.25) is 0 Å². The highest BCUT2D eigenvalue weighted by molar-refractivity contribution is 5.69. The highest BCUT2D eigenvalue weighted by Gasteiger charge is 2.57. The van der Waals surface area contributed by atoms with Crippen LogP contribution in [0.25, 0.3) is 0 Å². The van der Waals surface area contributed by atoms with Gasteiger partial charge in [0.2, 0.25) is 6.36 Å². The molecule has 2 fully saturated rings. The van der Waals surface area contributed by atoms with E-state index < -0.39 is 116 Å². The van der Waals surface area contributed by atoms with Crippen LogP contribution in [0.5, 0.6) is 0 Å². The van der Waals surface area contributed by atoms with Crippen LogP contribution in [0.3, 0.4) is 0 Å². The highest BCUT2D eigenvalue weighted by atomic mass is 19.1. The Morgan fingerprint density at radius 2 is 0.841 bits per heavy atom. The van der Waals surface area contributed by atoms with E-state index in [2.05, 4.69) is 0 Å². The summed E-state index contributed by atoms with van der Waals surface area (Å²) in [5.41, 5.74) is 0. The largest absolute Gasteiger partial charge is 0.463 e. The number of hydrogen-bond donors (Lipinski definition) is 0. The standard InChI is InChI=1S/C26H35FO17/c1-10(28)35-8-17-20(21(38-13(4)31)23(25(27)42-17)40-15(6)33)44-26-24(41-16(7)34)22(39-14(5)32)19(37-12(3)30)18(43-26)9-36-11(2)29/h17-26H,8-9H2,1-7H3/t17-,18-,19+,20-,21+,22+,23-,24-,25?,26+/m1/s1. The zero-order chi connectivity index (χ0) is 33.3. The third-order valence-electron chi connectivity index (χ3n) is 5.87. The molecule has 248 valence electrons. The molecular weight excluding hydrogens is 603 g/mol. The molecule has 44 heavy (non-hydrogen) atoms. The van der Waals surface area contributed by atoms with E-state index in [1.807, 2.05) is 0 Å². The first-order valence-corrected chi connectivity index (χ1v) is 13.2. The van der Waals surface area contributed by atoms with Crippen LogP contribution in [0.4, 0.5) is 4.39 Å². The van der Waals surface area contributed by atoms with Crippen LogP contribution in [0.1, 0.15) is 48.5 Å². The number of ether oxygens (including phenoxy) is 10. The van der Waals surface area contributed by atoms with Crippen molar-refractivity contribution in [3.05, 3.63) is 0 Å². The van der Waals surface area contributed by atoms with Gasteiger partial charge >= 0.3 is 41.8 Å². The molecule has 0 radical (unpaired) electrons. The zero-order valence-corrected chi connectivity index (χ0v) is 25.0. The second-order valence-electron chi connectivity index (χ2n) is 9.64. The molecule has 2 saturated heterocycles. The molecule has 1 unspecified atom stereocenters. The van der Waals surface area contributed by atoms with Crippen molar-refractivity contribution in [2.45, 2.75) is 110 Å². The summed E-state index contributed by atoms with van der Waals surface area (Å²) in [5.74, 6) is -6.27. The van der Waals surface area contributed by atoms with Crippen molar-refractivity contribution in [1.82, 2.24) is 0 Å². The summed E-state index contributed by atoms with van der Waals surface area (Å²) < 4.78 is 68.6. The molecule has 10 atom stereocenters. The van der Waals surface area contributed by atoms with E-state index in [1.54, 1.807) is 0 Å². The first-order valence-electron chi connectivity index (χ1n) is 13.2. The average Bonchev–Trinajstić information content (AvgIpc) is 2.87. The van der Waals surface area contributed by atoms with Crippen molar-refractivity contribution < 1.29 is 85.3 Å². The quantitative estimate of drug-likeness (QED) is 0.207. The number of alkyl halides is 1. The minimum absolute atomic E-state index is 0.592. The topological polar surface area (TPSA) is 212 Å². The Morgan fingerprint density at radius 3 is 1.27 bits per heavy atom. The highest BCUT2D eigenvalue weighted by Crippen LogP contribution is 2.35. The monoisotopic (exact) mass is 638 g/mol. The second kappa shape index (κ2) is 16.2. The minimum Gasteiger partial charge on any atom is -0.463 e. The molecule has 0 spiro atoms. The molecule has 0 amide bonds. The maximum Gasteiger partial charge on any atom is 0.303 e. The molecule has 2 aliphatic heterocycles. The van der Waals surface area contributed by atoms with Crippen molar-refractivity contribution in [1.29, 1.82) is 0 Å². The van der Waals surface area contributed by atoms with Gasteiger partial charge in [-0.1, -0.05) is 0 Å². The fourth-order valence-corrected chi connectivity index (χ4v) is 4.46. The van der Waals surface area contributed by atoms with Crippen LogP contribution in [-0.2, 0) is 80.9 Å². The van der Waals surface area contributed by atoms with Gasteiger partial charge in [0.25, 0.3) is 0 Å². The molecule has 0 aliphatic carbocycles. The fraction of sp³-hybridized carbons (Fsp3) is 0.731. The van der Waals surface area contributed by atoms with Crippen molar-refractivity contribution in [3.63, 3.8) is 0 Å². The van der Waals surface area contributed by atoms with Gasteiger partial charge in [-0.05, 0) is 0 Å². The summed E-state index contributed by atoms with van der Waals surface area (Å²) in [6.07, 6.45) is -17.5. The van der Waals surface area contributed by atoms with E-state index in [0.717, 1.165) is 48.5 Å². The van der Waals surface area contributed by atoms with Gasteiger partial charge in [0.05, 0.1) is 0 Å². The molecule has 0 saturated carbocycles. The number of esters is 7. The fourth-order valence-electron chi connectivity index (χ4n) is 4.46. The van der Waals surface area contributed by atoms with E-state index in [1.165, 1.54) is 0 Å². The predicted octanol–water partition coefficient (Wildman–Crippen LogP) is -0.424. The van der Waals surface area contributed by atoms with Gasteiger partial charge in [-0.15, -0.1) is 0 Å². The first kappa shape index (κ1) is 36.3. The Balaban J connectivity index is 2.66. The van der Waals surface area contributed by atoms with Gasteiger partial charge in [-0.2, -0.15) is 0 Å². The van der Waals surface area contributed by atoms with Gasteiger partial charge in [0.1, 0.15) is 31.5 Å². The zero-order valence-electron chi connectivity index (χ0n) is 25.0. The molecule has 17 nitrogen and oxygen atoms in total. The van der Waals surface area contributed by atoms with E-state index in [9.17, 15) is 33.6 Å². The third kappa shape index (κ3) is 10.7. The lowest BCUT2D eigenvalue weighted by Gasteiger charge is -2.47. The van der Waals surface area contributed by atoms with Gasteiger partial charge in [-0.25, -0.2) is 4.39 Å². The Labute approximate surface area is 250 Å².